The first kappa shape index (κ1) is 13.1. The molecule has 1 rings (SSSR count). The molecule has 16 heavy (non-hydrogen) atoms. The standard InChI is InChI=1S/C9H18N4O2S/c1-7(10)4-3-5-12-16(14,15)9-6-11-8(2)13-9/h6-7,12H,3-5,10H2,1-2H3,(H,11,13). The van der Waals surface area contributed by atoms with Gasteiger partial charge in [-0.05, 0) is 26.7 Å². The first-order valence-corrected chi connectivity index (χ1v) is 6.67. The Morgan fingerprint density at radius 2 is 2.31 bits per heavy atom. The van der Waals surface area contributed by atoms with Gasteiger partial charge in [0.15, 0.2) is 5.03 Å². The Bertz CT molecular complexity index is 424. The molecule has 0 aliphatic rings. The number of nitrogens with two attached hydrogens (primary N) is 1. The number of rotatable bonds is 6. The molecule has 0 aromatic carbocycles. The minimum atomic E-state index is -3.45. The van der Waals surface area contributed by atoms with E-state index in [1.54, 1.807) is 6.92 Å². The molecule has 0 saturated heterocycles. The van der Waals surface area contributed by atoms with Crippen LogP contribution in [0.3, 0.4) is 0 Å². The van der Waals surface area contributed by atoms with Gasteiger partial charge in [0.25, 0.3) is 10.0 Å². The predicted octanol–water partition coefficient (Wildman–Crippen LogP) is 0.124. The van der Waals surface area contributed by atoms with E-state index in [4.69, 9.17) is 5.73 Å². The van der Waals surface area contributed by atoms with Crippen LogP contribution in [0.1, 0.15) is 25.6 Å². The third-order valence-electron chi connectivity index (χ3n) is 2.10. The Balaban J connectivity index is 2.47. The van der Waals surface area contributed by atoms with E-state index in [1.165, 1.54) is 6.20 Å². The Morgan fingerprint density at radius 1 is 1.62 bits per heavy atom. The van der Waals surface area contributed by atoms with Crippen molar-refractivity contribution in [2.24, 2.45) is 5.73 Å². The summed E-state index contributed by atoms with van der Waals surface area (Å²) >= 11 is 0. The van der Waals surface area contributed by atoms with Gasteiger partial charge in [0, 0.05) is 12.6 Å². The molecule has 6 nitrogen and oxygen atoms in total. The number of nitrogens with zero attached hydrogens (tertiary/aromatic N) is 1. The fourth-order valence-corrected chi connectivity index (χ4v) is 2.29. The van der Waals surface area contributed by atoms with E-state index in [-0.39, 0.29) is 11.1 Å². The van der Waals surface area contributed by atoms with Crippen LogP contribution in [0.4, 0.5) is 0 Å². The zero-order valence-electron chi connectivity index (χ0n) is 9.53. The summed E-state index contributed by atoms with van der Waals surface area (Å²) in [6, 6.07) is 0.0962. The van der Waals surface area contributed by atoms with Gasteiger partial charge >= 0.3 is 0 Å². The van der Waals surface area contributed by atoms with Gasteiger partial charge in [-0.15, -0.1) is 0 Å². The number of aromatic nitrogens is 2. The molecular weight excluding hydrogens is 228 g/mol. The molecular formula is C9H18N4O2S. The lowest BCUT2D eigenvalue weighted by atomic mass is 10.2. The minimum absolute atomic E-state index is 0.0962. The SMILES string of the molecule is Cc1ncc(S(=O)(=O)NCCCC(C)N)[nH]1. The van der Waals surface area contributed by atoms with E-state index >= 15 is 0 Å². The van der Waals surface area contributed by atoms with Crippen molar-refractivity contribution < 1.29 is 8.42 Å². The highest BCUT2D eigenvalue weighted by molar-refractivity contribution is 7.89. The second kappa shape index (κ2) is 5.42. The molecule has 0 amide bonds. The molecule has 1 unspecified atom stereocenters. The number of imidazole rings is 1. The van der Waals surface area contributed by atoms with Crippen molar-refractivity contribution in [2.45, 2.75) is 37.8 Å². The zero-order valence-corrected chi connectivity index (χ0v) is 10.3. The second-order valence-corrected chi connectivity index (χ2v) is 5.59. The Hall–Kier alpha value is -0.920. The fraction of sp³-hybridized carbons (Fsp3) is 0.667. The Morgan fingerprint density at radius 3 is 2.81 bits per heavy atom. The number of sulfonamides is 1. The van der Waals surface area contributed by atoms with Gasteiger partial charge in [0.1, 0.15) is 5.82 Å². The summed E-state index contributed by atoms with van der Waals surface area (Å²) in [5.41, 5.74) is 5.56. The first-order valence-electron chi connectivity index (χ1n) is 5.18. The number of aryl methyl sites for hydroxylation is 1. The van der Waals surface area contributed by atoms with Crippen molar-refractivity contribution in [1.82, 2.24) is 14.7 Å². The average Bonchev–Trinajstić information content (AvgIpc) is 2.60. The predicted molar refractivity (Wildman–Crippen MR) is 61.4 cm³/mol. The summed E-state index contributed by atoms with van der Waals surface area (Å²) in [4.78, 5) is 6.52. The summed E-state index contributed by atoms with van der Waals surface area (Å²) in [5, 5.41) is 0.103. The highest BCUT2D eigenvalue weighted by Crippen LogP contribution is 2.04. The third-order valence-corrected chi connectivity index (χ3v) is 3.47. The van der Waals surface area contributed by atoms with Gasteiger partial charge < -0.3 is 10.7 Å². The van der Waals surface area contributed by atoms with Crippen molar-refractivity contribution in [3.05, 3.63) is 12.0 Å². The summed E-state index contributed by atoms with van der Waals surface area (Å²) in [6.07, 6.45) is 2.83. The second-order valence-electron chi connectivity index (χ2n) is 3.85. The van der Waals surface area contributed by atoms with E-state index in [2.05, 4.69) is 14.7 Å². The minimum Gasteiger partial charge on any atom is -0.332 e. The molecule has 0 fully saturated rings. The maximum Gasteiger partial charge on any atom is 0.257 e. The summed E-state index contributed by atoms with van der Waals surface area (Å²) in [6.45, 7) is 3.99. The van der Waals surface area contributed by atoms with E-state index in [1.807, 2.05) is 6.92 Å². The van der Waals surface area contributed by atoms with Crippen molar-refractivity contribution in [3.8, 4) is 0 Å². The molecule has 0 aliphatic heterocycles. The fourth-order valence-electron chi connectivity index (χ4n) is 1.24. The van der Waals surface area contributed by atoms with Crippen LogP contribution >= 0.6 is 0 Å². The van der Waals surface area contributed by atoms with Crippen LogP contribution in [0.25, 0.3) is 0 Å². The van der Waals surface area contributed by atoms with E-state index in [0.29, 0.717) is 12.4 Å². The molecule has 0 radical (unpaired) electrons. The van der Waals surface area contributed by atoms with Gasteiger partial charge in [-0.25, -0.2) is 18.1 Å². The number of hydrogen-bond donors (Lipinski definition) is 3. The molecule has 0 aliphatic carbocycles. The molecule has 1 aromatic rings. The van der Waals surface area contributed by atoms with Crippen LogP contribution in [0.5, 0.6) is 0 Å². The maximum absolute atomic E-state index is 11.7. The Labute approximate surface area is 95.7 Å². The van der Waals surface area contributed by atoms with Gasteiger partial charge in [0.05, 0.1) is 6.20 Å². The van der Waals surface area contributed by atoms with Crippen molar-refractivity contribution in [1.29, 1.82) is 0 Å². The highest BCUT2D eigenvalue weighted by Gasteiger charge is 2.15. The quantitative estimate of drug-likeness (QED) is 0.621. The summed E-state index contributed by atoms with van der Waals surface area (Å²) in [5.74, 6) is 0.580. The number of H-pyrrole nitrogens is 1. The van der Waals surface area contributed by atoms with Crippen LogP contribution < -0.4 is 10.5 Å². The highest BCUT2D eigenvalue weighted by atomic mass is 32.2. The van der Waals surface area contributed by atoms with Crippen LogP contribution in [0, 0.1) is 6.92 Å². The molecule has 1 heterocycles. The smallest absolute Gasteiger partial charge is 0.257 e. The molecule has 1 atom stereocenters. The van der Waals surface area contributed by atoms with Crippen molar-refractivity contribution >= 4 is 10.0 Å². The van der Waals surface area contributed by atoms with Crippen molar-refractivity contribution in [2.75, 3.05) is 6.54 Å². The van der Waals surface area contributed by atoms with Crippen LogP contribution in [-0.4, -0.2) is 31.0 Å². The van der Waals surface area contributed by atoms with Crippen LogP contribution in [-0.2, 0) is 10.0 Å². The normalized spacial score (nSPS) is 13.9. The lowest BCUT2D eigenvalue weighted by molar-refractivity contribution is 0.565. The zero-order chi connectivity index (χ0) is 12.2. The summed E-state index contributed by atoms with van der Waals surface area (Å²) in [7, 11) is -3.45. The summed E-state index contributed by atoms with van der Waals surface area (Å²) < 4.78 is 25.8. The van der Waals surface area contributed by atoms with Crippen LogP contribution in [0.15, 0.2) is 11.2 Å². The van der Waals surface area contributed by atoms with Crippen molar-refractivity contribution in [3.63, 3.8) is 0 Å². The molecule has 7 heteroatoms. The number of nitrogens with one attached hydrogen (secondary N) is 2. The number of aromatic amines is 1. The maximum atomic E-state index is 11.7. The molecule has 4 N–H and O–H groups in total. The monoisotopic (exact) mass is 246 g/mol. The number of hydrogen-bond acceptors (Lipinski definition) is 4. The first-order chi connectivity index (χ1) is 7.42. The van der Waals surface area contributed by atoms with E-state index in [9.17, 15) is 8.42 Å². The van der Waals surface area contributed by atoms with Gasteiger partial charge in [-0.2, -0.15) is 0 Å². The third kappa shape index (κ3) is 3.92. The lowest BCUT2D eigenvalue weighted by Gasteiger charge is -2.06. The largest absolute Gasteiger partial charge is 0.332 e. The molecule has 1 aromatic heterocycles. The van der Waals surface area contributed by atoms with E-state index in [0.717, 1.165) is 12.8 Å². The molecule has 0 spiro atoms. The lowest BCUT2D eigenvalue weighted by Crippen LogP contribution is -2.26. The topological polar surface area (TPSA) is 101 Å². The van der Waals surface area contributed by atoms with Crippen LogP contribution in [0.2, 0.25) is 0 Å². The van der Waals surface area contributed by atoms with Gasteiger partial charge in [-0.1, -0.05) is 0 Å². The molecule has 0 bridgehead atoms. The van der Waals surface area contributed by atoms with E-state index < -0.39 is 10.0 Å². The Kier molecular flexibility index (Phi) is 4.45. The molecule has 92 valence electrons. The molecule has 0 saturated carbocycles. The van der Waals surface area contributed by atoms with Gasteiger partial charge in [-0.3, -0.25) is 0 Å². The van der Waals surface area contributed by atoms with Gasteiger partial charge in [0.2, 0.25) is 0 Å². The average molecular weight is 246 g/mol.